The van der Waals surface area contributed by atoms with Crippen LogP contribution in [-0.2, 0) is 6.61 Å². The van der Waals surface area contributed by atoms with E-state index in [2.05, 4.69) is 4.98 Å². The molecule has 0 fully saturated rings. The molecule has 22 heavy (non-hydrogen) atoms. The number of rotatable bonds is 4. The Hall–Kier alpha value is -2.81. The maximum absolute atomic E-state index is 6.11. The number of aromatic nitrogens is 1. The Morgan fingerprint density at radius 2 is 1.73 bits per heavy atom. The van der Waals surface area contributed by atoms with E-state index in [0.717, 1.165) is 22.4 Å². The van der Waals surface area contributed by atoms with Gasteiger partial charge in [-0.05, 0) is 36.2 Å². The van der Waals surface area contributed by atoms with Gasteiger partial charge in [-0.2, -0.15) is 0 Å². The summed E-state index contributed by atoms with van der Waals surface area (Å²) in [7, 11) is 0. The SMILES string of the molecule is Cc1ccc(-c2ccc(OCc3ccccc3)c(N)c2)cn1. The zero-order chi connectivity index (χ0) is 15.4. The number of nitrogens with two attached hydrogens (primary N) is 1. The van der Waals surface area contributed by atoms with Crippen molar-refractivity contribution in [2.45, 2.75) is 13.5 Å². The third-order valence-electron chi connectivity index (χ3n) is 3.49. The zero-order valence-corrected chi connectivity index (χ0v) is 12.5. The Kier molecular flexibility index (Phi) is 4.05. The highest BCUT2D eigenvalue weighted by atomic mass is 16.5. The number of ether oxygens (including phenoxy) is 1. The van der Waals surface area contributed by atoms with E-state index >= 15 is 0 Å². The second kappa shape index (κ2) is 6.31. The zero-order valence-electron chi connectivity index (χ0n) is 12.5. The van der Waals surface area contributed by atoms with E-state index in [0.29, 0.717) is 18.0 Å². The first kappa shape index (κ1) is 14.1. The van der Waals surface area contributed by atoms with Crippen LogP contribution in [0.15, 0.2) is 66.9 Å². The summed E-state index contributed by atoms with van der Waals surface area (Å²) >= 11 is 0. The minimum Gasteiger partial charge on any atom is -0.487 e. The summed E-state index contributed by atoms with van der Waals surface area (Å²) in [6.07, 6.45) is 1.86. The van der Waals surface area contributed by atoms with E-state index in [1.54, 1.807) is 0 Å². The number of aryl methyl sites for hydroxylation is 1. The third-order valence-corrected chi connectivity index (χ3v) is 3.49. The van der Waals surface area contributed by atoms with E-state index in [1.165, 1.54) is 0 Å². The van der Waals surface area contributed by atoms with E-state index in [-0.39, 0.29) is 0 Å². The first-order chi connectivity index (χ1) is 10.7. The van der Waals surface area contributed by atoms with Gasteiger partial charge in [0.05, 0.1) is 5.69 Å². The summed E-state index contributed by atoms with van der Waals surface area (Å²) in [6.45, 7) is 2.48. The van der Waals surface area contributed by atoms with Crippen molar-refractivity contribution in [3.63, 3.8) is 0 Å². The minimum absolute atomic E-state index is 0.510. The largest absolute Gasteiger partial charge is 0.487 e. The lowest BCUT2D eigenvalue weighted by molar-refractivity contribution is 0.308. The number of hydrogen-bond acceptors (Lipinski definition) is 3. The second-order valence-electron chi connectivity index (χ2n) is 5.22. The van der Waals surface area contributed by atoms with Crippen LogP contribution in [-0.4, -0.2) is 4.98 Å². The Bertz CT molecular complexity index is 752. The molecule has 1 aromatic heterocycles. The van der Waals surface area contributed by atoms with Gasteiger partial charge in [-0.1, -0.05) is 42.5 Å². The molecule has 0 spiro atoms. The van der Waals surface area contributed by atoms with Gasteiger partial charge >= 0.3 is 0 Å². The fourth-order valence-electron chi connectivity index (χ4n) is 2.23. The number of nitrogen functional groups attached to an aromatic ring is 1. The highest BCUT2D eigenvalue weighted by Crippen LogP contribution is 2.28. The normalized spacial score (nSPS) is 10.4. The van der Waals surface area contributed by atoms with Gasteiger partial charge in [0.2, 0.25) is 0 Å². The molecule has 0 atom stereocenters. The molecule has 2 N–H and O–H groups in total. The molecule has 3 rings (SSSR count). The van der Waals surface area contributed by atoms with Crippen LogP contribution in [0.25, 0.3) is 11.1 Å². The Morgan fingerprint density at radius 1 is 0.955 bits per heavy atom. The molecular weight excluding hydrogens is 272 g/mol. The molecule has 3 nitrogen and oxygen atoms in total. The molecule has 0 bridgehead atoms. The second-order valence-corrected chi connectivity index (χ2v) is 5.22. The molecule has 3 heteroatoms. The predicted molar refractivity (Wildman–Crippen MR) is 89.6 cm³/mol. The first-order valence-electron chi connectivity index (χ1n) is 7.21. The van der Waals surface area contributed by atoms with E-state index in [9.17, 15) is 0 Å². The van der Waals surface area contributed by atoms with Crippen molar-refractivity contribution in [2.24, 2.45) is 0 Å². The molecule has 110 valence electrons. The summed E-state index contributed by atoms with van der Waals surface area (Å²) in [5.41, 5.74) is 10.9. The Morgan fingerprint density at radius 3 is 2.41 bits per heavy atom. The Balaban J connectivity index is 1.76. The van der Waals surface area contributed by atoms with E-state index in [1.807, 2.05) is 73.8 Å². The molecule has 3 aromatic rings. The lowest BCUT2D eigenvalue weighted by Gasteiger charge is -2.11. The van der Waals surface area contributed by atoms with Crippen LogP contribution in [0.5, 0.6) is 5.75 Å². The van der Waals surface area contributed by atoms with Crippen molar-refractivity contribution in [2.75, 3.05) is 5.73 Å². The van der Waals surface area contributed by atoms with Gasteiger partial charge in [-0.3, -0.25) is 4.98 Å². The highest BCUT2D eigenvalue weighted by Gasteiger charge is 2.05. The summed E-state index contributed by atoms with van der Waals surface area (Å²) in [5, 5.41) is 0. The molecule has 2 aromatic carbocycles. The molecular formula is C19H18N2O. The van der Waals surface area contributed by atoms with Gasteiger partial charge in [-0.25, -0.2) is 0 Å². The topological polar surface area (TPSA) is 48.1 Å². The average Bonchev–Trinajstić information content (AvgIpc) is 2.55. The van der Waals surface area contributed by atoms with Crippen LogP contribution < -0.4 is 10.5 Å². The molecule has 0 radical (unpaired) electrons. The molecule has 0 unspecified atom stereocenters. The fourth-order valence-corrected chi connectivity index (χ4v) is 2.23. The quantitative estimate of drug-likeness (QED) is 0.732. The molecule has 0 aliphatic rings. The monoisotopic (exact) mass is 290 g/mol. The lowest BCUT2D eigenvalue weighted by atomic mass is 10.1. The van der Waals surface area contributed by atoms with Gasteiger partial charge in [-0.15, -0.1) is 0 Å². The number of hydrogen-bond donors (Lipinski definition) is 1. The van der Waals surface area contributed by atoms with Gasteiger partial charge < -0.3 is 10.5 Å². The predicted octanol–water partition coefficient (Wildman–Crippen LogP) is 4.22. The number of benzene rings is 2. The number of anilines is 1. The van der Waals surface area contributed by atoms with E-state index < -0.39 is 0 Å². The summed E-state index contributed by atoms with van der Waals surface area (Å²) < 4.78 is 5.79. The maximum Gasteiger partial charge on any atom is 0.142 e. The first-order valence-corrected chi connectivity index (χ1v) is 7.21. The van der Waals surface area contributed by atoms with Crippen LogP contribution in [0.3, 0.4) is 0 Å². The van der Waals surface area contributed by atoms with Crippen molar-refractivity contribution in [1.82, 2.24) is 4.98 Å². The minimum atomic E-state index is 0.510. The van der Waals surface area contributed by atoms with Gasteiger partial charge in [0.15, 0.2) is 0 Å². The van der Waals surface area contributed by atoms with Crippen LogP contribution >= 0.6 is 0 Å². The lowest BCUT2D eigenvalue weighted by Crippen LogP contribution is -1.99. The smallest absolute Gasteiger partial charge is 0.142 e. The van der Waals surface area contributed by atoms with Crippen molar-refractivity contribution in [1.29, 1.82) is 0 Å². The summed E-state index contributed by atoms with van der Waals surface area (Å²) in [6, 6.07) is 19.9. The molecule has 0 aliphatic carbocycles. The summed E-state index contributed by atoms with van der Waals surface area (Å²) in [4.78, 5) is 4.31. The van der Waals surface area contributed by atoms with Crippen LogP contribution in [0.1, 0.15) is 11.3 Å². The molecule has 0 saturated heterocycles. The van der Waals surface area contributed by atoms with Crippen molar-refractivity contribution in [3.05, 3.63) is 78.1 Å². The summed E-state index contributed by atoms with van der Waals surface area (Å²) in [5.74, 6) is 0.702. The fraction of sp³-hybridized carbons (Fsp3) is 0.105. The van der Waals surface area contributed by atoms with Gasteiger partial charge in [0.1, 0.15) is 12.4 Å². The number of pyridine rings is 1. The van der Waals surface area contributed by atoms with Crippen LogP contribution in [0.2, 0.25) is 0 Å². The van der Waals surface area contributed by atoms with Crippen molar-refractivity contribution < 1.29 is 4.74 Å². The maximum atomic E-state index is 6.11. The molecule has 1 heterocycles. The Labute approximate surface area is 130 Å². The molecule has 0 aliphatic heterocycles. The average molecular weight is 290 g/mol. The van der Waals surface area contributed by atoms with E-state index in [4.69, 9.17) is 10.5 Å². The highest BCUT2D eigenvalue weighted by molar-refractivity contribution is 5.70. The van der Waals surface area contributed by atoms with Gasteiger partial charge in [0, 0.05) is 17.5 Å². The number of nitrogens with zero attached hydrogens (tertiary/aromatic N) is 1. The standard InChI is InChI=1S/C19H18N2O/c1-14-7-8-17(12-21-14)16-9-10-19(18(20)11-16)22-13-15-5-3-2-4-6-15/h2-12H,13,20H2,1H3. The molecule has 0 amide bonds. The van der Waals surface area contributed by atoms with Crippen molar-refractivity contribution in [3.8, 4) is 16.9 Å². The van der Waals surface area contributed by atoms with Crippen LogP contribution in [0, 0.1) is 6.92 Å². The molecule has 0 saturated carbocycles. The van der Waals surface area contributed by atoms with Crippen molar-refractivity contribution >= 4 is 5.69 Å². The van der Waals surface area contributed by atoms with Crippen LogP contribution in [0.4, 0.5) is 5.69 Å². The van der Waals surface area contributed by atoms with Gasteiger partial charge in [0.25, 0.3) is 0 Å². The third kappa shape index (κ3) is 3.26.